The van der Waals surface area contributed by atoms with E-state index in [0.29, 0.717) is 23.0 Å². The molecule has 2 atom stereocenters. The molecule has 5 nitrogen and oxygen atoms in total. The summed E-state index contributed by atoms with van der Waals surface area (Å²) in [6.07, 6.45) is 2.09. The van der Waals surface area contributed by atoms with Crippen molar-refractivity contribution in [3.63, 3.8) is 0 Å². The smallest absolute Gasteiger partial charge is 0.254 e. The molecule has 0 unspecified atom stereocenters. The number of likely N-dealkylation sites (tertiary alicyclic amines) is 1. The molecule has 1 heterocycles. The third kappa shape index (κ3) is 3.35. The summed E-state index contributed by atoms with van der Waals surface area (Å²) in [5.74, 6) is 1.64. The van der Waals surface area contributed by atoms with Gasteiger partial charge in [-0.05, 0) is 50.3 Å². The average molecular weight is 306 g/mol. The van der Waals surface area contributed by atoms with Crippen molar-refractivity contribution in [2.45, 2.75) is 32.7 Å². The minimum Gasteiger partial charge on any atom is -0.493 e. The maximum atomic E-state index is 12.8. The molecule has 2 N–H and O–H groups in total. The monoisotopic (exact) mass is 306 g/mol. The fourth-order valence-corrected chi connectivity index (χ4v) is 3.00. The molecule has 1 aliphatic rings. The van der Waals surface area contributed by atoms with Gasteiger partial charge in [-0.15, -0.1) is 0 Å². The third-order valence-electron chi connectivity index (χ3n) is 4.45. The molecule has 22 heavy (non-hydrogen) atoms. The van der Waals surface area contributed by atoms with Gasteiger partial charge >= 0.3 is 0 Å². The van der Waals surface area contributed by atoms with Gasteiger partial charge in [0.2, 0.25) is 0 Å². The fraction of sp³-hybridized carbons (Fsp3) is 0.588. The molecule has 0 bridgehead atoms. The van der Waals surface area contributed by atoms with Crippen LogP contribution in [0.3, 0.4) is 0 Å². The van der Waals surface area contributed by atoms with Crippen molar-refractivity contribution in [3.05, 3.63) is 23.3 Å². The second kappa shape index (κ2) is 7.01. The van der Waals surface area contributed by atoms with E-state index >= 15 is 0 Å². The van der Waals surface area contributed by atoms with E-state index in [0.717, 1.165) is 31.5 Å². The summed E-state index contributed by atoms with van der Waals surface area (Å²) < 4.78 is 10.6. The van der Waals surface area contributed by atoms with Crippen molar-refractivity contribution >= 4 is 5.91 Å². The number of carbonyl (C=O) groups excluding carboxylic acids is 1. The Labute approximate surface area is 132 Å². The average Bonchev–Trinajstić information content (AvgIpc) is 2.53. The van der Waals surface area contributed by atoms with Crippen LogP contribution in [-0.2, 0) is 0 Å². The van der Waals surface area contributed by atoms with Crippen LogP contribution in [0.4, 0.5) is 0 Å². The maximum Gasteiger partial charge on any atom is 0.254 e. The van der Waals surface area contributed by atoms with Crippen molar-refractivity contribution in [1.82, 2.24) is 4.90 Å². The largest absolute Gasteiger partial charge is 0.493 e. The van der Waals surface area contributed by atoms with Gasteiger partial charge in [-0.1, -0.05) is 0 Å². The van der Waals surface area contributed by atoms with E-state index in [9.17, 15) is 4.79 Å². The molecular formula is C17H26N2O3. The second-order valence-corrected chi connectivity index (χ2v) is 6.03. The lowest BCUT2D eigenvalue weighted by Gasteiger charge is -2.35. The number of nitrogens with two attached hydrogens (primary N) is 1. The Bertz CT molecular complexity index is 543. The van der Waals surface area contributed by atoms with Crippen LogP contribution in [0.5, 0.6) is 11.5 Å². The van der Waals surface area contributed by atoms with E-state index in [1.807, 2.05) is 24.8 Å². The molecule has 1 aliphatic heterocycles. The standard InChI is InChI=1S/C17H26N2O3/c1-11-8-15(21-3)16(22-4)9-14(11)17(20)19-7-5-6-13(10-19)12(2)18/h8-9,12-13H,5-7,10,18H2,1-4H3/t12-,13+/m1/s1. The highest BCUT2D eigenvalue weighted by Crippen LogP contribution is 2.31. The number of amides is 1. The Hall–Kier alpha value is -1.75. The van der Waals surface area contributed by atoms with Crippen LogP contribution in [0, 0.1) is 12.8 Å². The molecule has 0 aliphatic carbocycles. The van der Waals surface area contributed by atoms with Gasteiger partial charge in [-0.25, -0.2) is 0 Å². The number of methoxy groups -OCH3 is 2. The summed E-state index contributed by atoms with van der Waals surface area (Å²) in [7, 11) is 3.17. The number of carbonyl (C=O) groups is 1. The molecule has 1 saturated heterocycles. The lowest BCUT2D eigenvalue weighted by Crippen LogP contribution is -2.45. The van der Waals surface area contributed by atoms with Gasteiger partial charge in [-0.3, -0.25) is 4.79 Å². The summed E-state index contributed by atoms with van der Waals surface area (Å²) >= 11 is 0. The van der Waals surface area contributed by atoms with Crippen molar-refractivity contribution in [2.75, 3.05) is 27.3 Å². The van der Waals surface area contributed by atoms with Crippen LogP contribution in [0.2, 0.25) is 0 Å². The van der Waals surface area contributed by atoms with Crippen LogP contribution in [0.15, 0.2) is 12.1 Å². The van der Waals surface area contributed by atoms with Crippen LogP contribution in [0.25, 0.3) is 0 Å². The molecule has 1 aromatic rings. The highest BCUT2D eigenvalue weighted by molar-refractivity contribution is 5.96. The SMILES string of the molecule is COc1cc(C)c(C(=O)N2CCC[C@H]([C@@H](C)N)C2)cc1OC. The first kappa shape index (κ1) is 16.6. The topological polar surface area (TPSA) is 64.8 Å². The summed E-state index contributed by atoms with van der Waals surface area (Å²) in [5.41, 5.74) is 7.57. The Balaban J connectivity index is 2.25. The van der Waals surface area contributed by atoms with Crippen molar-refractivity contribution in [2.24, 2.45) is 11.7 Å². The van der Waals surface area contributed by atoms with E-state index in [4.69, 9.17) is 15.2 Å². The zero-order valence-electron chi connectivity index (χ0n) is 13.9. The molecule has 0 aromatic heterocycles. The number of hydrogen-bond acceptors (Lipinski definition) is 4. The summed E-state index contributed by atoms with van der Waals surface area (Å²) in [5, 5.41) is 0. The first-order valence-electron chi connectivity index (χ1n) is 7.75. The van der Waals surface area contributed by atoms with Gasteiger partial charge in [0.1, 0.15) is 0 Å². The van der Waals surface area contributed by atoms with E-state index in [2.05, 4.69) is 0 Å². The highest BCUT2D eigenvalue weighted by atomic mass is 16.5. The lowest BCUT2D eigenvalue weighted by atomic mass is 9.91. The van der Waals surface area contributed by atoms with E-state index in [-0.39, 0.29) is 11.9 Å². The Morgan fingerprint density at radius 1 is 1.32 bits per heavy atom. The predicted molar refractivity (Wildman–Crippen MR) is 86.6 cm³/mol. The Morgan fingerprint density at radius 2 is 1.95 bits per heavy atom. The number of benzene rings is 1. The molecule has 1 amide bonds. The highest BCUT2D eigenvalue weighted by Gasteiger charge is 2.27. The molecule has 0 radical (unpaired) electrons. The zero-order chi connectivity index (χ0) is 16.3. The van der Waals surface area contributed by atoms with Gasteiger partial charge in [0.15, 0.2) is 11.5 Å². The lowest BCUT2D eigenvalue weighted by molar-refractivity contribution is 0.0660. The normalized spacial score (nSPS) is 19.7. The maximum absolute atomic E-state index is 12.8. The van der Waals surface area contributed by atoms with Gasteiger partial charge in [0.05, 0.1) is 14.2 Å². The Kier molecular flexibility index (Phi) is 5.29. The Morgan fingerprint density at radius 3 is 2.55 bits per heavy atom. The summed E-state index contributed by atoms with van der Waals surface area (Å²) in [6.45, 7) is 5.45. The number of nitrogens with zero attached hydrogens (tertiary/aromatic N) is 1. The molecular weight excluding hydrogens is 280 g/mol. The number of ether oxygens (including phenoxy) is 2. The minimum atomic E-state index is 0.0452. The van der Waals surface area contributed by atoms with Crippen molar-refractivity contribution < 1.29 is 14.3 Å². The minimum absolute atomic E-state index is 0.0452. The first-order valence-corrected chi connectivity index (χ1v) is 7.75. The zero-order valence-corrected chi connectivity index (χ0v) is 13.9. The van der Waals surface area contributed by atoms with E-state index < -0.39 is 0 Å². The molecule has 0 spiro atoms. The van der Waals surface area contributed by atoms with E-state index in [1.165, 1.54) is 0 Å². The van der Waals surface area contributed by atoms with Crippen molar-refractivity contribution in [1.29, 1.82) is 0 Å². The van der Waals surface area contributed by atoms with Crippen LogP contribution < -0.4 is 15.2 Å². The number of aryl methyl sites for hydroxylation is 1. The quantitative estimate of drug-likeness (QED) is 0.926. The van der Waals surface area contributed by atoms with E-state index in [1.54, 1.807) is 20.3 Å². The number of rotatable bonds is 4. The van der Waals surface area contributed by atoms with Crippen LogP contribution >= 0.6 is 0 Å². The van der Waals surface area contributed by atoms with Crippen LogP contribution in [0.1, 0.15) is 35.7 Å². The predicted octanol–water partition coefficient (Wildman–Crippen LogP) is 2.21. The van der Waals surface area contributed by atoms with Gasteiger partial charge < -0.3 is 20.1 Å². The van der Waals surface area contributed by atoms with Gasteiger partial charge in [0.25, 0.3) is 5.91 Å². The third-order valence-corrected chi connectivity index (χ3v) is 4.45. The van der Waals surface area contributed by atoms with Gasteiger partial charge in [-0.2, -0.15) is 0 Å². The summed E-state index contributed by atoms with van der Waals surface area (Å²) in [4.78, 5) is 14.8. The molecule has 2 rings (SSSR count). The molecule has 1 aromatic carbocycles. The second-order valence-electron chi connectivity index (χ2n) is 6.03. The summed E-state index contributed by atoms with van der Waals surface area (Å²) in [6, 6.07) is 3.73. The number of piperidine rings is 1. The van der Waals surface area contributed by atoms with Gasteiger partial charge in [0, 0.05) is 24.7 Å². The number of hydrogen-bond donors (Lipinski definition) is 1. The van der Waals surface area contributed by atoms with Crippen LogP contribution in [-0.4, -0.2) is 44.2 Å². The molecule has 122 valence electrons. The first-order chi connectivity index (χ1) is 10.5. The molecule has 1 fully saturated rings. The fourth-order valence-electron chi connectivity index (χ4n) is 3.00. The van der Waals surface area contributed by atoms with Crippen molar-refractivity contribution in [3.8, 4) is 11.5 Å². The molecule has 0 saturated carbocycles. The molecule has 5 heteroatoms.